The second-order valence-corrected chi connectivity index (χ2v) is 14.3. The van der Waals surface area contributed by atoms with Crippen LogP contribution in [0.5, 0.6) is 0 Å². The van der Waals surface area contributed by atoms with Crippen molar-refractivity contribution in [3.63, 3.8) is 0 Å². The first kappa shape index (κ1) is 29.6. The fourth-order valence-corrected chi connectivity index (χ4v) is 8.52. The third-order valence-corrected chi connectivity index (χ3v) is 11.1. The maximum absolute atomic E-state index is 5.18. The van der Waals surface area contributed by atoms with E-state index < -0.39 is 0 Å². The Hall–Kier alpha value is -6.31. The van der Waals surface area contributed by atoms with Gasteiger partial charge in [0.25, 0.3) is 0 Å². The van der Waals surface area contributed by atoms with Gasteiger partial charge in [-0.3, -0.25) is 0 Å². The van der Waals surface area contributed by atoms with E-state index >= 15 is 0 Å². The normalized spacial score (nSPS) is 13.1. The van der Waals surface area contributed by atoms with Crippen LogP contribution in [0.1, 0.15) is 25.0 Å². The molecule has 0 aliphatic heterocycles. The summed E-state index contributed by atoms with van der Waals surface area (Å²) in [6.07, 6.45) is 0. The van der Waals surface area contributed by atoms with Gasteiger partial charge < -0.3 is 0 Å². The molecule has 1 aromatic heterocycles. The minimum absolute atomic E-state index is 0.00687. The summed E-state index contributed by atoms with van der Waals surface area (Å²) >= 11 is 0. The van der Waals surface area contributed by atoms with Crippen LogP contribution >= 0.6 is 0 Å². The first-order valence-corrected chi connectivity index (χ1v) is 17.8. The SMILES string of the molecule is CC1(C)c2ccccc2-c2cc(-c3ccc4c(c3)c3ccccc3c3cccc(-c5cc(-c6ccccc6)nc(-c6ccccc6)c5)c34)ccc21. The molecule has 0 amide bonds. The van der Waals surface area contributed by atoms with Crippen molar-refractivity contribution in [2.24, 2.45) is 0 Å². The van der Waals surface area contributed by atoms with E-state index in [9.17, 15) is 0 Å². The Morgan fingerprint density at radius 2 is 0.863 bits per heavy atom. The van der Waals surface area contributed by atoms with Crippen molar-refractivity contribution in [1.29, 1.82) is 0 Å². The summed E-state index contributed by atoms with van der Waals surface area (Å²) in [6.45, 7) is 4.69. The molecule has 0 N–H and O–H groups in total. The monoisotopic (exact) mass is 649 g/mol. The molecule has 0 saturated carbocycles. The zero-order chi connectivity index (χ0) is 34.1. The fraction of sp³-hybridized carbons (Fsp3) is 0.0600. The summed E-state index contributed by atoms with van der Waals surface area (Å²) < 4.78 is 0. The lowest BCUT2D eigenvalue weighted by atomic mass is 9.82. The van der Waals surface area contributed by atoms with Gasteiger partial charge in [-0.05, 0) is 101 Å². The molecule has 1 aliphatic carbocycles. The molecule has 8 aromatic carbocycles. The van der Waals surface area contributed by atoms with Gasteiger partial charge in [0, 0.05) is 16.5 Å². The molecule has 10 rings (SSSR count). The zero-order valence-electron chi connectivity index (χ0n) is 28.7. The van der Waals surface area contributed by atoms with Crippen LogP contribution in [-0.2, 0) is 5.41 Å². The predicted molar refractivity (Wildman–Crippen MR) is 216 cm³/mol. The van der Waals surface area contributed by atoms with Crippen LogP contribution in [0, 0.1) is 0 Å². The zero-order valence-corrected chi connectivity index (χ0v) is 28.7. The molecule has 9 aromatic rings. The van der Waals surface area contributed by atoms with Crippen LogP contribution < -0.4 is 0 Å². The highest BCUT2D eigenvalue weighted by molar-refractivity contribution is 6.29. The molecule has 0 bridgehead atoms. The maximum Gasteiger partial charge on any atom is 0.0715 e. The fourth-order valence-electron chi connectivity index (χ4n) is 8.52. The highest BCUT2D eigenvalue weighted by atomic mass is 14.7. The van der Waals surface area contributed by atoms with Gasteiger partial charge in [0.1, 0.15) is 0 Å². The molecule has 0 unspecified atom stereocenters. The summed E-state index contributed by atoms with van der Waals surface area (Å²) in [5.41, 5.74) is 14.5. The summed E-state index contributed by atoms with van der Waals surface area (Å²) in [5.74, 6) is 0. The predicted octanol–water partition coefficient (Wildman–Crippen LogP) is 13.5. The molecule has 1 aliphatic rings. The third-order valence-electron chi connectivity index (χ3n) is 11.1. The van der Waals surface area contributed by atoms with E-state index in [0.29, 0.717) is 0 Å². The molecule has 240 valence electrons. The second-order valence-electron chi connectivity index (χ2n) is 14.3. The highest BCUT2D eigenvalue weighted by Gasteiger charge is 2.35. The Kier molecular flexibility index (Phi) is 6.60. The van der Waals surface area contributed by atoms with Crippen molar-refractivity contribution in [2.45, 2.75) is 19.3 Å². The molecular formula is C50H35N. The van der Waals surface area contributed by atoms with Crippen LogP contribution in [0.2, 0.25) is 0 Å². The van der Waals surface area contributed by atoms with E-state index in [-0.39, 0.29) is 5.41 Å². The van der Waals surface area contributed by atoms with E-state index in [1.807, 2.05) is 0 Å². The van der Waals surface area contributed by atoms with E-state index in [1.165, 1.54) is 71.3 Å². The van der Waals surface area contributed by atoms with Gasteiger partial charge in [-0.2, -0.15) is 0 Å². The van der Waals surface area contributed by atoms with Crippen molar-refractivity contribution in [2.75, 3.05) is 0 Å². The standard InChI is InChI=1S/C50H35N/c1-50(2)45-23-12-11-20-40(45)44-29-35(25-27-46(44)50)34-24-26-42-43(28-34)39-19-10-9-18-38(39)41-22-13-21-37(49(41)42)36-30-47(32-14-5-3-6-15-32)51-48(31-36)33-16-7-4-8-17-33/h3-31H,1-2H3. The molecule has 0 radical (unpaired) electrons. The van der Waals surface area contributed by atoms with Crippen molar-refractivity contribution in [3.05, 3.63) is 187 Å². The first-order chi connectivity index (χ1) is 25.0. The van der Waals surface area contributed by atoms with Crippen molar-refractivity contribution >= 4 is 32.3 Å². The lowest BCUT2D eigenvalue weighted by molar-refractivity contribution is 0.660. The topological polar surface area (TPSA) is 12.9 Å². The van der Waals surface area contributed by atoms with E-state index in [1.54, 1.807) is 0 Å². The number of pyridine rings is 1. The van der Waals surface area contributed by atoms with Gasteiger partial charge in [-0.1, -0.05) is 166 Å². The summed E-state index contributed by atoms with van der Waals surface area (Å²) in [6, 6.07) is 64.3. The minimum atomic E-state index is -0.00687. The van der Waals surface area contributed by atoms with Crippen LogP contribution in [-0.4, -0.2) is 4.98 Å². The second kappa shape index (κ2) is 11.4. The van der Waals surface area contributed by atoms with Crippen LogP contribution in [0.4, 0.5) is 0 Å². The number of nitrogens with zero attached hydrogens (tertiary/aromatic N) is 1. The van der Waals surface area contributed by atoms with Crippen LogP contribution in [0.15, 0.2) is 176 Å². The molecule has 51 heavy (non-hydrogen) atoms. The summed E-state index contributed by atoms with van der Waals surface area (Å²) in [7, 11) is 0. The van der Waals surface area contributed by atoms with E-state index in [4.69, 9.17) is 4.98 Å². The lowest BCUT2D eigenvalue weighted by Crippen LogP contribution is -2.14. The number of hydrogen-bond donors (Lipinski definition) is 0. The number of rotatable bonds is 4. The highest BCUT2D eigenvalue weighted by Crippen LogP contribution is 2.50. The number of hydrogen-bond acceptors (Lipinski definition) is 1. The Morgan fingerprint density at radius 3 is 1.59 bits per heavy atom. The summed E-state index contributed by atoms with van der Waals surface area (Å²) in [5, 5.41) is 7.60. The van der Waals surface area contributed by atoms with Gasteiger partial charge in [0.05, 0.1) is 11.4 Å². The average Bonchev–Trinajstić information content (AvgIpc) is 3.43. The van der Waals surface area contributed by atoms with Crippen LogP contribution in [0.3, 0.4) is 0 Å². The van der Waals surface area contributed by atoms with Gasteiger partial charge in [-0.25, -0.2) is 4.98 Å². The van der Waals surface area contributed by atoms with Crippen molar-refractivity contribution < 1.29 is 0 Å². The van der Waals surface area contributed by atoms with Gasteiger partial charge in [0.15, 0.2) is 0 Å². The average molecular weight is 650 g/mol. The number of fused-ring (bicyclic) bond motifs is 9. The first-order valence-electron chi connectivity index (χ1n) is 17.8. The van der Waals surface area contributed by atoms with E-state index in [0.717, 1.165) is 28.1 Å². The molecule has 0 fully saturated rings. The van der Waals surface area contributed by atoms with E-state index in [2.05, 4.69) is 190 Å². The molecule has 1 heteroatoms. The largest absolute Gasteiger partial charge is 0.248 e. The van der Waals surface area contributed by atoms with Gasteiger partial charge in [0.2, 0.25) is 0 Å². The Morgan fingerprint density at radius 1 is 0.333 bits per heavy atom. The Balaban J connectivity index is 1.22. The number of aromatic nitrogens is 1. The molecule has 1 nitrogen and oxygen atoms in total. The third kappa shape index (κ3) is 4.66. The van der Waals surface area contributed by atoms with Crippen molar-refractivity contribution in [1.82, 2.24) is 4.98 Å². The van der Waals surface area contributed by atoms with Gasteiger partial charge >= 0.3 is 0 Å². The minimum Gasteiger partial charge on any atom is -0.248 e. The quantitative estimate of drug-likeness (QED) is 0.173. The molecule has 1 heterocycles. The van der Waals surface area contributed by atoms with Gasteiger partial charge in [-0.15, -0.1) is 0 Å². The number of benzene rings is 8. The molecule has 0 atom stereocenters. The smallest absolute Gasteiger partial charge is 0.0715 e. The van der Waals surface area contributed by atoms with Crippen molar-refractivity contribution in [3.8, 4) is 55.9 Å². The molecule has 0 spiro atoms. The lowest BCUT2D eigenvalue weighted by Gasteiger charge is -2.21. The Bertz CT molecular complexity index is 2750. The summed E-state index contributed by atoms with van der Waals surface area (Å²) in [4.78, 5) is 5.18. The maximum atomic E-state index is 5.18. The Labute approximate surface area is 298 Å². The molecule has 0 saturated heterocycles. The van der Waals surface area contributed by atoms with Crippen LogP contribution in [0.25, 0.3) is 88.2 Å². The molecular weight excluding hydrogens is 615 g/mol.